The van der Waals surface area contributed by atoms with Crippen LogP contribution in [0.3, 0.4) is 0 Å². The maximum Gasteiger partial charge on any atom is 0.220 e. The Bertz CT molecular complexity index is 435. The Morgan fingerprint density at radius 1 is 1.45 bits per heavy atom. The van der Waals surface area contributed by atoms with E-state index in [0.29, 0.717) is 0 Å². The van der Waals surface area contributed by atoms with Crippen LogP contribution in [-0.4, -0.2) is 26.2 Å². The molecule has 3 N–H and O–H groups in total. The zero-order valence-electron chi connectivity index (χ0n) is 12.4. The summed E-state index contributed by atoms with van der Waals surface area (Å²) < 4.78 is 10.9. The highest BCUT2D eigenvalue weighted by Crippen LogP contribution is 2.29. The maximum atomic E-state index is 10.8. The molecule has 0 heterocycles. The van der Waals surface area contributed by atoms with Crippen molar-refractivity contribution in [3.8, 4) is 11.5 Å². The summed E-state index contributed by atoms with van der Waals surface area (Å²) in [7, 11) is 1.61. The van der Waals surface area contributed by atoms with Crippen LogP contribution in [0.15, 0.2) is 18.2 Å². The average Bonchev–Trinajstić information content (AvgIpc) is 2.44. The molecule has 112 valence electrons. The van der Waals surface area contributed by atoms with Gasteiger partial charge in [-0.1, -0.05) is 13.0 Å². The minimum Gasteiger partial charge on any atom is -0.497 e. The smallest absolute Gasteiger partial charge is 0.220 e. The van der Waals surface area contributed by atoms with Crippen LogP contribution in [0.4, 0.5) is 0 Å². The number of primary amides is 1. The van der Waals surface area contributed by atoms with Crippen LogP contribution in [0.1, 0.15) is 38.3 Å². The quantitative estimate of drug-likeness (QED) is 0.725. The second kappa shape index (κ2) is 8.43. The van der Waals surface area contributed by atoms with Crippen LogP contribution >= 0.6 is 0 Å². The number of hydrogen-bond donors (Lipinski definition) is 2. The molecule has 0 fully saturated rings. The van der Waals surface area contributed by atoms with Gasteiger partial charge in [-0.2, -0.15) is 0 Å². The summed E-state index contributed by atoms with van der Waals surface area (Å²) in [6, 6.07) is 5.89. The number of carbonyl (C=O) groups excluding carboxylic acids is 1. The Labute approximate surface area is 120 Å². The van der Waals surface area contributed by atoms with Crippen molar-refractivity contribution in [1.82, 2.24) is 5.32 Å². The first kappa shape index (κ1) is 16.3. The summed E-state index contributed by atoms with van der Waals surface area (Å²) in [6.07, 6.45) is 1.27. The number of ether oxygens (including phenoxy) is 2. The largest absolute Gasteiger partial charge is 0.497 e. The normalized spacial score (nSPS) is 11.9. The van der Waals surface area contributed by atoms with E-state index in [4.69, 9.17) is 15.2 Å². The van der Waals surface area contributed by atoms with Crippen LogP contribution in [0.5, 0.6) is 11.5 Å². The molecule has 0 saturated heterocycles. The van der Waals surface area contributed by atoms with Crippen molar-refractivity contribution in [2.75, 3.05) is 20.3 Å². The molecule has 0 aliphatic rings. The number of amides is 1. The lowest BCUT2D eigenvalue weighted by Crippen LogP contribution is -2.20. The van der Waals surface area contributed by atoms with Gasteiger partial charge in [0.25, 0.3) is 0 Å². The first-order valence-electron chi connectivity index (χ1n) is 6.90. The van der Waals surface area contributed by atoms with Crippen LogP contribution < -0.4 is 20.5 Å². The van der Waals surface area contributed by atoms with Crippen molar-refractivity contribution < 1.29 is 14.3 Å². The Hall–Kier alpha value is -1.75. The first-order chi connectivity index (χ1) is 9.58. The van der Waals surface area contributed by atoms with Crippen LogP contribution in [0.25, 0.3) is 0 Å². The molecule has 0 aromatic heterocycles. The molecule has 20 heavy (non-hydrogen) atoms. The molecule has 0 aliphatic heterocycles. The van der Waals surface area contributed by atoms with E-state index >= 15 is 0 Å². The van der Waals surface area contributed by atoms with Gasteiger partial charge in [0.1, 0.15) is 11.5 Å². The molecule has 0 radical (unpaired) electrons. The third-order valence-corrected chi connectivity index (χ3v) is 2.99. The standard InChI is InChI=1S/C15H24N2O3/c1-4-8-17-11(2)13-6-5-12(19-3)10-14(13)20-9-7-15(16)18/h5-6,10-11,17H,4,7-9H2,1-3H3,(H2,16,18). The van der Waals surface area contributed by atoms with Crippen molar-refractivity contribution in [2.24, 2.45) is 5.73 Å². The lowest BCUT2D eigenvalue weighted by atomic mass is 10.1. The van der Waals surface area contributed by atoms with Gasteiger partial charge >= 0.3 is 0 Å². The monoisotopic (exact) mass is 280 g/mol. The molecule has 1 unspecified atom stereocenters. The van der Waals surface area contributed by atoms with E-state index in [9.17, 15) is 4.79 Å². The van der Waals surface area contributed by atoms with Gasteiger partial charge in [0.2, 0.25) is 5.91 Å². The minimum atomic E-state index is -0.369. The highest BCUT2D eigenvalue weighted by Gasteiger charge is 2.12. The Kier molecular flexibility index (Phi) is 6.87. The third-order valence-electron chi connectivity index (χ3n) is 2.99. The number of hydrogen-bond acceptors (Lipinski definition) is 4. The van der Waals surface area contributed by atoms with Crippen molar-refractivity contribution in [1.29, 1.82) is 0 Å². The molecule has 1 aromatic carbocycles. The van der Waals surface area contributed by atoms with Crippen molar-refractivity contribution in [3.63, 3.8) is 0 Å². The molecule has 1 aromatic rings. The minimum absolute atomic E-state index is 0.171. The predicted octanol–water partition coefficient (Wildman–Crippen LogP) is 2.01. The number of rotatable bonds is 9. The molecule has 0 bridgehead atoms. The molecule has 5 nitrogen and oxygen atoms in total. The van der Waals surface area contributed by atoms with Gasteiger partial charge in [-0.15, -0.1) is 0 Å². The predicted molar refractivity (Wildman–Crippen MR) is 79.0 cm³/mol. The van der Waals surface area contributed by atoms with Gasteiger partial charge in [0.15, 0.2) is 0 Å². The zero-order chi connectivity index (χ0) is 15.0. The first-order valence-corrected chi connectivity index (χ1v) is 6.90. The zero-order valence-corrected chi connectivity index (χ0v) is 12.4. The SMILES string of the molecule is CCCNC(C)c1ccc(OC)cc1OCCC(N)=O. The van der Waals surface area contributed by atoms with Crippen molar-refractivity contribution >= 4 is 5.91 Å². The van der Waals surface area contributed by atoms with Crippen LogP contribution in [0, 0.1) is 0 Å². The van der Waals surface area contributed by atoms with E-state index < -0.39 is 0 Å². The van der Waals surface area contributed by atoms with Crippen molar-refractivity contribution in [2.45, 2.75) is 32.7 Å². The van der Waals surface area contributed by atoms with Gasteiger partial charge in [-0.3, -0.25) is 4.79 Å². The molecule has 1 amide bonds. The fraction of sp³-hybridized carbons (Fsp3) is 0.533. The fourth-order valence-electron chi connectivity index (χ4n) is 1.86. The number of nitrogens with two attached hydrogens (primary N) is 1. The summed E-state index contributed by atoms with van der Waals surface area (Å²) in [5, 5.41) is 3.41. The van der Waals surface area contributed by atoms with Gasteiger partial charge in [-0.05, 0) is 26.0 Å². The lowest BCUT2D eigenvalue weighted by Gasteiger charge is -2.19. The van der Waals surface area contributed by atoms with E-state index in [0.717, 1.165) is 30.0 Å². The number of carbonyl (C=O) groups is 1. The highest BCUT2D eigenvalue weighted by molar-refractivity contribution is 5.73. The molecular weight excluding hydrogens is 256 g/mol. The maximum absolute atomic E-state index is 10.8. The van der Waals surface area contributed by atoms with Gasteiger partial charge in [0.05, 0.1) is 20.1 Å². The molecular formula is C15H24N2O3. The number of nitrogens with one attached hydrogen (secondary N) is 1. The summed E-state index contributed by atoms with van der Waals surface area (Å²) in [6.45, 7) is 5.42. The van der Waals surface area contributed by atoms with Gasteiger partial charge < -0.3 is 20.5 Å². The fourth-order valence-corrected chi connectivity index (χ4v) is 1.86. The highest BCUT2D eigenvalue weighted by atomic mass is 16.5. The van der Waals surface area contributed by atoms with E-state index in [1.54, 1.807) is 7.11 Å². The topological polar surface area (TPSA) is 73.6 Å². The van der Waals surface area contributed by atoms with E-state index in [2.05, 4.69) is 19.2 Å². The van der Waals surface area contributed by atoms with Crippen LogP contribution in [-0.2, 0) is 4.79 Å². The molecule has 1 rings (SSSR count). The van der Waals surface area contributed by atoms with Gasteiger partial charge in [0, 0.05) is 17.7 Å². The molecule has 5 heteroatoms. The number of benzene rings is 1. The molecule has 0 saturated carbocycles. The van der Waals surface area contributed by atoms with E-state index in [1.165, 1.54) is 0 Å². The molecule has 1 atom stereocenters. The summed E-state index contributed by atoms with van der Waals surface area (Å²) >= 11 is 0. The average molecular weight is 280 g/mol. The molecule has 0 spiro atoms. The third kappa shape index (κ3) is 5.09. The summed E-state index contributed by atoms with van der Waals surface area (Å²) in [5.41, 5.74) is 6.17. The second-order valence-corrected chi connectivity index (χ2v) is 4.64. The summed E-state index contributed by atoms with van der Waals surface area (Å²) in [5.74, 6) is 1.08. The summed E-state index contributed by atoms with van der Waals surface area (Å²) in [4.78, 5) is 10.8. The number of methoxy groups -OCH3 is 1. The van der Waals surface area contributed by atoms with Gasteiger partial charge in [-0.25, -0.2) is 0 Å². The Morgan fingerprint density at radius 2 is 2.20 bits per heavy atom. The molecule has 0 aliphatic carbocycles. The second-order valence-electron chi connectivity index (χ2n) is 4.64. The van der Waals surface area contributed by atoms with E-state index in [-0.39, 0.29) is 25.0 Å². The van der Waals surface area contributed by atoms with Crippen molar-refractivity contribution in [3.05, 3.63) is 23.8 Å². The van der Waals surface area contributed by atoms with Crippen LogP contribution in [0.2, 0.25) is 0 Å². The lowest BCUT2D eigenvalue weighted by molar-refractivity contribution is -0.118. The van der Waals surface area contributed by atoms with E-state index in [1.807, 2.05) is 18.2 Å². The Balaban J connectivity index is 2.82. The Morgan fingerprint density at radius 3 is 2.80 bits per heavy atom.